The molecular weight excluding hydrogens is 302 g/mol. The van der Waals surface area contributed by atoms with Gasteiger partial charge in [-0.05, 0) is 85.0 Å². The summed E-state index contributed by atoms with van der Waals surface area (Å²) in [6, 6.07) is 0.368. The average Bonchev–Trinajstić information content (AvgIpc) is 2.46. The number of rotatable bonds is 10. The summed E-state index contributed by atoms with van der Waals surface area (Å²) in [4.78, 5) is 0. The summed E-state index contributed by atoms with van der Waals surface area (Å²) < 4.78 is 5.51. The van der Waals surface area contributed by atoms with Crippen LogP contribution in [0.3, 0.4) is 0 Å². The SMILES string of the molecule is CCC(C)NC(=S)OCC=C(C)CCC=C(C)CCC=C(C)C. The van der Waals surface area contributed by atoms with Gasteiger partial charge in [0, 0.05) is 6.04 Å². The van der Waals surface area contributed by atoms with Crippen LogP contribution in [0.15, 0.2) is 34.9 Å². The fourth-order valence-corrected chi connectivity index (χ4v) is 2.21. The van der Waals surface area contributed by atoms with Crippen molar-refractivity contribution in [3.63, 3.8) is 0 Å². The Labute approximate surface area is 149 Å². The Morgan fingerprint density at radius 2 is 1.57 bits per heavy atom. The first-order chi connectivity index (χ1) is 10.8. The molecule has 1 atom stereocenters. The Bertz CT molecular complexity index is 431. The highest BCUT2D eigenvalue weighted by molar-refractivity contribution is 7.80. The number of ether oxygens (including phenoxy) is 1. The van der Waals surface area contributed by atoms with E-state index in [4.69, 9.17) is 17.0 Å². The zero-order valence-electron chi connectivity index (χ0n) is 15.9. The standard InChI is InChI=1S/C20H35NOS/c1-7-19(6)21-20(23)22-15-14-18(5)13-9-12-17(4)11-8-10-16(2)3/h10,12,14,19H,7-9,11,13,15H2,1-6H3,(H,21,23). The van der Waals surface area contributed by atoms with Gasteiger partial charge in [0.2, 0.25) is 0 Å². The monoisotopic (exact) mass is 337 g/mol. The van der Waals surface area contributed by atoms with Crippen LogP contribution in [0.2, 0.25) is 0 Å². The van der Waals surface area contributed by atoms with E-state index in [1.54, 1.807) is 0 Å². The van der Waals surface area contributed by atoms with Gasteiger partial charge in [-0.2, -0.15) is 0 Å². The molecule has 3 heteroatoms. The minimum absolute atomic E-state index is 0.368. The Balaban J connectivity index is 3.94. The first-order valence-corrected chi connectivity index (χ1v) is 9.13. The van der Waals surface area contributed by atoms with Crippen LogP contribution >= 0.6 is 12.2 Å². The number of nitrogens with one attached hydrogen (secondary N) is 1. The molecule has 23 heavy (non-hydrogen) atoms. The zero-order chi connectivity index (χ0) is 17.7. The van der Waals surface area contributed by atoms with Crippen molar-refractivity contribution in [3.8, 4) is 0 Å². The molecule has 0 saturated carbocycles. The minimum atomic E-state index is 0.368. The molecule has 0 heterocycles. The number of hydrogen-bond acceptors (Lipinski definition) is 2. The summed E-state index contributed by atoms with van der Waals surface area (Å²) >= 11 is 5.15. The summed E-state index contributed by atoms with van der Waals surface area (Å²) in [5.41, 5.74) is 4.23. The van der Waals surface area contributed by atoms with Crippen LogP contribution in [0.1, 0.15) is 73.6 Å². The fraction of sp³-hybridized carbons (Fsp3) is 0.650. The van der Waals surface area contributed by atoms with Crippen molar-refractivity contribution < 1.29 is 4.74 Å². The second-order valence-electron chi connectivity index (χ2n) is 6.51. The highest BCUT2D eigenvalue weighted by atomic mass is 32.1. The van der Waals surface area contributed by atoms with Crippen LogP contribution in [0, 0.1) is 0 Å². The lowest BCUT2D eigenvalue weighted by Gasteiger charge is -2.13. The van der Waals surface area contributed by atoms with E-state index in [0.29, 0.717) is 17.8 Å². The van der Waals surface area contributed by atoms with Gasteiger partial charge in [-0.3, -0.25) is 0 Å². The van der Waals surface area contributed by atoms with Crippen LogP contribution in [-0.2, 0) is 4.74 Å². The van der Waals surface area contributed by atoms with E-state index in [9.17, 15) is 0 Å². The third kappa shape index (κ3) is 14.2. The maximum Gasteiger partial charge on any atom is 0.257 e. The summed E-state index contributed by atoms with van der Waals surface area (Å²) in [5.74, 6) is 0. The normalized spacial score (nSPS) is 13.5. The molecule has 132 valence electrons. The fourth-order valence-electron chi connectivity index (χ4n) is 1.94. The molecule has 0 aromatic heterocycles. The third-order valence-corrected chi connectivity index (χ3v) is 3.98. The molecule has 0 aliphatic rings. The van der Waals surface area contributed by atoms with Crippen molar-refractivity contribution in [3.05, 3.63) is 34.9 Å². The second-order valence-corrected chi connectivity index (χ2v) is 6.88. The summed E-state index contributed by atoms with van der Waals surface area (Å²) in [6.07, 6.45) is 12.3. The van der Waals surface area contributed by atoms with Gasteiger partial charge in [0.05, 0.1) is 0 Å². The molecule has 0 saturated heterocycles. The molecule has 0 fully saturated rings. The molecule has 0 aromatic rings. The molecule has 0 amide bonds. The lowest BCUT2D eigenvalue weighted by Crippen LogP contribution is -2.32. The predicted molar refractivity (Wildman–Crippen MR) is 107 cm³/mol. The minimum Gasteiger partial charge on any atom is -0.467 e. The van der Waals surface area contributed by atoms with Gasteiger partial charge in [-0.1, -0.05) is 35.8 Å². The molecule has 0 rings (SSSR count). The van der Waals surface area contributed by atoms with Gasteiger partial charge in [0.25, 0.3) is 5.17 Å². The van der Waals surface area contributed by atoms with Gasteiger partial charge >= 0.3 is 0 Å². The maximum atomic E-state index is 5.51. The lowest BCUT2D eigenvalue weighted by molar-refractivity contribution is 0.334. The van der Waals surface area contributed by atoms with Crippen LogP contribution in [0.4, 0.5) is 0 Å². The van der Waals surface area contributed by atoms with Gasteiger partial charge in [0.1, 0.15) is 6.61 Å². The summed E-state index contributed by atoms with van der Waals surface area (Å²) in [5, 5.41) is 3.65. The van der Waals surface area contributed by atoms with Crippen molar-refractivity contribution in [2.24, 2.45) is 0 Å². The summed E-state index contributed by atoms with van der Waals surface area (Å²) in [7, 11) is 0. The molecule has 0 aliphatic carbocycles. The van der Waals surface area contributed by atoms with E-state index < -0.39 is 0 Å². The van der Waals surface area contributed by atoms with E-state index in [1.807, 2.05) is 0 Å². The van der Waals surface area contributed by atoms with Crippen LogP contribution in [-0.4, -0.2) is 17.8 Å². The second kappa shape index (κ2) is 13.4. The largest absolute Gasteiger partial charge is 0.467 e. The highest BCUT2D eigenvalue weighted by Crippen LogP contribution is 2.11. The topological polar surface area (TPSA) is 21.3 Å². The maximum absolute atomic E-state index is 5.51. The molecule has 1 unspecified atom stereocenters. The van der Waals surface area contributed by atoms with E-state index in [1.165, 1.54) is 16.7 Å². The summed E-state index contributed by atoms with van der Waals surface area (Å²) in [6.45, 7) is 13.5. The van der Waals surface area contributed by atoms with Gasteiger partial charge in [0.15, 0.2) is 0 Å². The van der Waals surface area contributed by atoms with Gasteiger partial charge in [-0.25, -0.2) is 0 Å². The van der Waals surface area contributed by atoms with E-state index in [2.05, 4.69) is 65.1 Å². The quantitative estimate of drug-likeness (QED) is 0.385. The molecule has 0 bridgehead atoms. The molecule has 0 aromatic carbocycles. The number of hydrogen-bond donors (Lipinski definition) is 1. The Hall–Kier alpha value is -1.09. The Kier molecular flexibility index (Phi) is 12.7. The number of thiocarbonyl (C=S) groups is 1. The van der Waals surface area contributed by atoms with Crippen molar-refractivity contribution in [1.82, 2.24) is 5.32 Å². The molecule has 0 radical (unpaired) electrons. The Morgan fingerprint density at radius 1 is 1.00 bits per heavy atom. The van der Waals surface area contributed by atoms with Crippen molar-refractivity contribution in [2.75, 3.05) is 6.61 Å². The first-order valence-electron chi connectivity index (χ1n) is 8.73. The molecule has 0 aliphatic heterocycles. The molecule has 0 spiro atoms. The van der Waals surface area contributed by atoms with Gasteiger partial charge < -0.3 is 10.1 Å². The van der Waals surface area contributed by atoms with Gasteiger partial charge in [-0.15, -0.1) is 0 Å². The van der Waals surface area contributed by atoms with Crippen molar-refractivity contribution >= 4 is 17.4 Å². The van der Waals surface area contributed by atoms with E-state index in [0.717, 1.165) is 32.1 Å². The van der Waals surface area contributed by atoms with Crippen LogP contribution in [0.25, 0.3) is 0 Å². The lowest BCUT2D eigenvalue weighted by atomic mass is 10.1. The predicted octanol–water partition coefficient (Wildman–Crippen LogP) is 6.10. The van der Waals surface area contributed by atoms with Crippen LogP contribution < -0.4 is 5.32 Å². The third-order valence-electron chi connectivity index (χ3n) is 3.75. The van der Waals surface area contributed by atoms with E-state index >= 15 is 0 Å². The average molecular weight is 338 g/mol. The first kappa shape index (κ1) is 21.9. The zero-order valence-corrected chi connectivity index (χ0v) is 16.7. The van der Waals surface area contributed by atoms with E-state index in [-0.39, 0.29) is 0 Å². The van der Waals surface area contributed by atoms with Crippen molar-refractivity contribution in [1.29, 1.82) is 0 Å². The molecule has 2 nitrogen and oxygen atoms in total. The highest BCUT2D eigenvalue weighted by Gasteiger charge is 2.01. The van der Waals surface area contributed by atoms with Crippen LogP contribution in [0.5, 0.6) is 0 Å². The van der Waals surface area contributed by atoms with Crippen molar-refractivity contribution in [2.45, 2.75) is 79.7 Å². The Morgan fingerprint density at radius 3 is 2.13 bits per heavy atom. The smallest absolute Gasteiger partial charge is 0.257 e. The number of allylic oxidation sites excluding steroid dienone is 5. The molecule has 1 N–H and O–H groups in total. The molecular formula is C20H35NOS.